The van der Waals surface area contributed by atoms with E-state index in [0.29, 0.717) is 16.1 Å². The number of rotatable bonds is 2. The van der Waals surface area contributed by atoms with Crippen molar-refractivity contribution in [3.8, 4) is 5.75 Å². The molecule has 3 nitrogen and oxygen atoms in total. The molecule has 0 fully saturated rings. The van der Waals surface area contributed by atoms with E-state index >= 15 is 0 Å². The van der Waals surface area contributed by atoms with Gasteiger partial charge in [-0.25, -0.2) is 0 Å². The molecule has 0 radical (unpaired) electrons. The molecule has 82 valence electrons. The summed E-state index contributed by atoms with van der Waals surface area (Å²) in [5.74, 6) is 0.0349. The average molecular weight is 233 g/mol. The summed E-state index contributed by atoms with van der Waals surface area (Å²) in [6.07, 6.45) is 0. The molecule has 2 aromatic rings. The molecule has 0 unspecified atom stereocenters. The Hall–Kier alpha value is -1.81. The maximum atomic E-state index is 11.8. The summed E-state index contributed by atoms with van der Waals surface area (Å²) < 4.78 is 0. The highest BCUT2D eigenvalue weighted by Gasteiger charge is 2.09. The second kappa shape index (κ2) is 4.37. The zero-order valence-corrected chi connectivity index (χ0v) is 9.54. The number of aromatic hydroxyl groups is 1. The number of phenols is 1. The number of thiophene rings is 1. The largest absolute Gasteiger partial charge is 0.508 e. The molecule has 4 heteroatoms. The van der Waals surface area contributed by atoms with E-state index in [2.05, 4.69) is 5.32 Å². The van der Waals surface area contributed by atoms with Gasteiger partial charge in [-0.1, -0.05) is 12.1 Å². The fourth-order valence-corrected chi connectivity index (χ4v) is 1.97. The molecule has 1 amide bonds. The van der Waals surface area contributed by atoms with Gasteiger partial charge >= 0.3 is 0 Å². The van der Waals surface area contributed by atoms with Crippen molar-refractivity contribution < 1.29 is 9.90 Å². The predicted octanol–water partition coefficient (Wildman–Crippen LogP) is 3.01. The summed E-state index contributed by atoms with van der Waals surface area (Å²) in [5, 5.41) is 14.1. The van der Waals surface area contributed by atoms with Crippen LogP contribution < -0.4 is 5.32 Å². The first kappa shape index (κ1) is 10.7. The number of nitrogens with one attached hydrogen (secondary N) is 1. The smallest absolute Gasteiger partial charge is 0.265 e. The molecule has 0 spiro atoms. The van der Waals surface area contributed by atoms with Gasteiger partial charge < -0.3 is 10.4 Å². The third kappa shape index (κ3) is 2.06. The van der Waals surface area contributed by atoms with Gasteiger partial charge in [0.2, 0.25) is 0 Å². The first-order valence-corrected chi connectivity index (χ1v) is 5.70. The first-order valence-electron chi connectivity index (χ1n) is 4.82. The van der Waals surface area contributed by atoms with E-state index in [0.717, 1.165) is 0 Å². The summed E-state index contributed by atoms with van der Waals surface area (Å²) >= 11 is 1.39. The highest BCUT2D eigenvalue weighted by atomic mass is 32.1. The second-order valence-electron chi connectivity index (χ2n) is 3.38. The Bertz CT molecular complexity index is 506. The summed E-state index contributed by atoms with van der Waals surface area (Å²) in [7, 11) is 0. The van der Waals surface area contributed by atoms with E-state index in [1.165, 1.54) is 11.3 Å². The molecule has 1 heterocycles. The summed E-state index contributed by atoms with van der Waals surface area (Å²) in [6, 6.07) is 8.65. The highest BCUT2D eigenvalue weighted by Crippen LogP contribution is 2.24. The lowest BCUT2D eigenvalue weighted by molar-refractivity contribution is 0.103. The molecule has 2 N–H and O–H groups in total. The minimum absolute atomic E-state index is 0.149. The highest BCUT2D eigenvalue weighted by molar-refractivity contribution is 7.12. The van der Waals surface area contributed by atoms with Gasteiger partial charge in [-0.2, -0.15) is 0 Å². The monoisotopic (exact) mass is 233 g/mol. The lowest BCUT2D eigenvalue weighted by Crippen LogP contribution is -2.10. The van der Waals surface area contributed by atoms with Crippen LogP contribution in [0.2, 0.25) is 0 Å². The van der Waals surface area contributed by atoms with Gasteiger partial charge in [-0.05, 0) is 30.5 Å². The van der Waals surface area contributed by atoms with Crippen LogP contribution in [0.3, 0.4) is 0 Å². The van der Waals surface area contributed by atoms with E-state index in [1.807, 2.05) is 11.4 Å². The van der Waals surface area contributed by atoms with Gasteiger partial charge in [0.25, 0.3) is 5.91 Å². The molecule has 0 bridgehead atoms. The van der Waals surface area contributed by atoms with Crippen molar-refractivity contribution in [1.29, 1.82) is 0 Å². The van der Waals surface area contributed by atoms with Gasteiger partial charge in [0, 0.05) is 11.3 Å². The zero-order valence-electron chi connectivity index (χ0n) is 8.73. The molecule has 1 aromatic carbocycles. The van der Waals surface area contributed by atoms with Crippen LogP contribution in [-0.4, -0.2) is 11.0 Å². The zero-order chi connectivity index (χ0) is 11.5. The molecular weight excluding hydrogens is 222 g/mol. The Morgan fingerprint density at radius 3 is 2.81 bits per heavy atom. The normalized spacial score (nSPS) is 10.1. The van der Waals surface area contributed by atoms with Gasteiger partial charge in [-0.15, -0.1) is 11.3 Å². The lowest BCUT2D eigenvalue weighted by Gasteiger charge is -2.08. The third-order valence-electron chi connectivity index (χ3n) is 2.30. The van der Waals surface area contributed by atoms with Crippen LogP contribution in [0.15, 0.2) is 35.7 Å². The van der Waals surface area contributed by atoms with Crippen LogP contribution in [0.4, 0.5) is 5.69 Å². The summed E-state index contributed by atoms with van der Waals surface area (Å²) in [5.41, 5.74) is 1.31. The number of hydrogen-bond donors (Lipinski definition) is 2. The molecule has 1 aromatic heterocycles. The molecule has 2 rings (SSSR count). The number of carbonyl (C=O) groups is 1. The van der Waals surface area contributed by atoms with Crippen LogP contribution >= 0.6 is 11.3 Å². The minimum Gasteiger partial charge on any atom is -0.508 e. The molecule has 0 saturated carbocycles. The van der Waals surface area contributed by atoms with Gasteiger partial charge in [0.05, 0.1) is 4.88 Å². The quantitative estimate of drug-likeness (QED) is 0.837. The van der Waals surface area contributed by atoms with Crippen molar-refractivity contribution >= 4 is 22.9 Å². The van der Waals surface area contributed by atoms with Gasteiger partial charge in [0.15, 0.2) is 0 Å². The Morgan fingerprint density at radius 1 is 1.31 bits per heavy atom. The maximum absolute atomic E-state index is 11.8. The lowest BCUT2D eigenvalue weighted by atomic mass is 10.2. The standard InChI is InChI=1S/C12H11NO2S/c1-8-9(4-2-5-10(8)14)13-12(15)11-6-3-7-16-11/h2-7,14H,1H3,(H,13,15). The van der Waals surface area contributed by atoms with Crippen molar-refractivity contribution in [1.82, 2.24) is 0 Å². The first-order chi connectivity index (χ1) is 7.68. The van der Waals surface area contributed by atoms with E-state index in [9.17, 15) is 9.90 Å². The molecule has 0 aliphatic rings. The maximum Gasteiger partial charge on any atom is 0.265 e. The Balaban J connectivity index is 2.22. The molecule has 0 aliphatic heterocycles. The van der Waals surface area contributed by atoms with E-state index < -0.39 is 0 Å². The van der Waals surface area contributed by atoms with Crippen LogP contribution in [0.25, 0.3) is 0 Å². The fraction of sp³-hybridized carbons (Fsp3) is 0.0833. The number of phenolic OH excluding ortho intramolecular Hbond substituents is 1. The third-order valence-corrected chi connectivity index (χ3v) is 3.17. The van der Waals surface area contributed by atoms with Gasteiger partial charge in [-0.3, -0.25) is 4.79 Å². The molecule has 0 aliphatic carbocycles. The molecule has 16 heavy (non-hydrogen) atoms. The Kier molecular flexibility index (Phi) is 2.92. The Morgan fingerprint density at radius 2 is 2.12 bits per heavy atom. The van der Waals surface area contributed by atoms with E-state index in [1.54, 1.807) is 31.2 Å². The van der Waals surface area contributed by atoms with Crippen molar-refractivity contribution in [2.75, 3.05) is 5.32 Å². The van der Waals surface area contributed by atoms with E-state index in [-0.39, 0.29) is 11.7 Å². The van der Waals surface area contributed by atoms with Crippen LogP contribution in [-0.2, 0) is 0 Å². The number of carbonyl (C=O) groups excluding carboxylic acids is 1. The minimum atomic E-state index is -0.149. The SMILES string of the molecule is Cc1c(O)cccc1NC(=O)c1cccs1. The predicted molar refractivity (Wildman–Crippen MR) is 65.1 cm³/mol. The molecule has 0 saturated heterocycles. The molecule has 0 atom stereocenters. The second-order valence-corrected chi connectivity index (χ2v) is 4.33. The fourth-order valence-electron chi connectivity index (χ4n) is 1.35. The number of benzene rings is 1. The Labute approximate surface area is 97.4 Å². The van der Waals surface area contributed by atoms with Crippen molar-refractivity contribution in [3.63, 3.8) is 0 Å². The topological polar surface area (TPSA) is 49.3 Å². The van der Waals surface area contributed by atoms with Crippen molar-refractivity contribution in [2.24, 2.45) is 0 Å². The summed E-state index contributed by atoms with van der Waals surface area (Å²) in [4.78, 5) is 12.4. The van der Waals surface area contributed by atoms with Crippen LogP contribution in [0.5, 0.6) is 5.75 Å². The van der Waals surface area contributed by atoms with Crippen LogP contribution in [0, 0.1) is 6.92 Å². The van der Waals surface area contributed by atoms with Crippen molar-refractivity contribution in [2.45, 2.75) is 6.92 Å². The van der Waals surface area contributed by atoms with Gasteiger partial charge in [0.1, 0.15) is 5.75 Å². The molecular formula is C12H11NO2S. The number of anilines is 1. The average Bonchev–Trinajstić information content (AvgIpc) is 2.78. The number of amides is 1. The number of hydrogen-bond acceptors (Lipinski definition) is 3. The van der Waals surface area contributed by atoms with Crippen LogP contribution in [0.1, 0.15) is 15.2 Å². The van der Waals surface area contributed by atoms with Crippen molar-refractivity contribution in [3.05, 3.63) is 46.2 Å². The van der Waals surface area contributed by atoms with E-state index in [4.69, 9.17) is 0 Å². The summed E-state index contributed by atoms with van der Waals surface area (Å²) in [6.45, 7) is 1.76.